The summed E-state index contributed by atoms with van der Waals surface area (Å²) in [5, 5.41) is 2.99. The molecule has 23 heavy (non-hydrogen) atoms. The van der Waals surface area contributed by atoms with E-state index in [-0.39, 0.29) is 11.9 Å². The van der Waals surface area contributed by atoms with E-state index in [2.05, 4.69) is 30.2 Å². The first-order valence-corrected chi connectivity index (χ1v) is 7.44. The zero-order valence-electron chi connectivity index (χ0n) is 12.8. The molecule has 0 spiro atoms. The van der Waals surface area contributed by atoms with Gasteiger partial charge in [-0.1, -0.05) is 0 Å². The maximum Gasteiger partial charge on any atom is 0.271 e. The lowest BCUT2D eigenvalue weighted by atomic mass is 10.1. The van der Waals surface area contributed by atoms with Crippen molar-refractivity contribution in [3.63, 3.8) is 0 Å². The second-order valence-corrected chi connectivity index (χ2v) is 5.27. The Labute approximate surface area is 134 Å². The normalized spacial score (nSPS) is 17.6. The van der Waals surface area contributed by atoms with Crippen molar-refractivity contribution in [2.24, 2.45) is 0 Å². The standard InChI is InChI=1S/C15H18N6O2/c1-23-12-7-18-15(19-8-12)21-6-2-3-11(10-21)20-14(22)13-9-16-4-5-17-13/h4-5,7-9,11H,2-3,6,10H2,1H3,(H,20,22). The summed E-state index contributed by atoms with van der Waals surface area (Å²) in [6, 6.07) is 0.0314. The fraction of sp³-hybridized carbons (Fsp3) is 0.400. The largest absolute Gasteiger partial charge is 0.494 e. The molecule has 1 N–H and O–H groups in total. The fourth-order valence-corrected chi connectivity index (χ4v) is 2.53. The van der Waals surface area contributed by atoms with Gasteiger partial charge in [0.25, 0.3) is 5.91 Å². The van der Waals surface area contributed by atoms with Crippen LogP contribution in [0, 0.1) is 0 Å². The summed E-state index contributed by atoms with van der Waals surface area (Å²) in [5.74, 6) is 1.06. The number of ether oxygens (including phenoxy) is 1. The van der Waals surface area contributed by atoms with Crippen LogP contribution in [0.5, 0.6) is 5.75 Å². The number of aromatic nitrogens is 4. The number of methoxy groups -OCH3 is 1. The van der Waals surface area contributed by atoms with Crippen LogP contribution in [-0.2, 0) is 0 Å². The van der Waals surface area contributed by atoms with Crippen LogP contribution in [-0.4, -0.2) is 52.1 Å². The Hall–Kier alpha value is -2.77. The molecule has 0 bridgehead atoms. The van der Waals surface area contributed by atoms with Gasteiger partial charge in [0.1, 0.15) is 5.69 Å². The van der Waals surface area contributed by atoms with Gasteiger partial charge in [-0.25, -0.2) is 15.0 Å². The van der Waals surface area contributed by atoms with Crippen molar-refractivity contribution < 1.29 is 9.53 Å². The summed E-state index contributed by atoms with van der Waals surface area (Å²) in [6.07, 6.45) is 9.67. The molecule has 0 radical (unpaired) electrons. The monoisotopic (exact) mass is 314 g/mol. The van der Waals surface area contributed by atoms with Gasteiger partial charge in [0.2, 0.25) is 5.95 Å². The van der Waals surface area contributed by atoms with E-state index >= 15 is 0 Å². The molecule has 1 aliphatic rings. The van der Waals surface area contributed by atoms with Crippen LogP contribution in [0.4, 0.5) is 5.95 Å². The van der Waals surface area contributed by atoms with Crippen molar-refractivity contribution in [1.29, 1.82) is 0 Å². The summed E-state index contributed by atoms with van der Waals surface area (Å²) in [4.78, 5) is 30.7. The van der Waals surface area contributed by atoms with Crippen molar-refractivity contribution in [3.05, 3.63) is 36.7 Å². The van der Waals surface area contributed by atoms with Crippen molar-refractivity contribution in [2.45, 2.75) is 18.9 Å². The third-order valence-electron chi connectivity index (χ3n) is 3.69. The minimum Gasteiger partial charge on any atom is -0.494 e. The lowest BCUT2D eigenvalue weighted by molar-refractivity contribution is 0.0927. The number of anilines is 1. The summed E-state index contributed by atoms with van der Waals surface area (Å²) in [7, 11) is 1.58. The number of piperidine rings is 1. The summed E-state index contributed by atoms with van der Waals surface area (Å²) < 4.78 is 5.07. The van der Waals surface area contributed by atoms with Gasteiger partial charge in [-0.2, -0.15) is 0 Å². The third kappa shape index (κ3) is 3.71. The number of carbonyl (C=O) groups excluding carboxylic acids is 1. The molecule has 1 fully saturated rings. The van der Waals surface area contributed by atoms with Crippen LogP contribution in [0.25, 0.3) is 0 Å². The average molecular weight is 314 g/mol. The molecule has 0 aliphatic carbocycles. The minimum atomic E-state index is -0.208. The second kappa shape index (κ2) is 6.99. The second-order valence-electron chi connectivity index (χ2n) is 5.27. The lowest BCUT2D eigenvalue weighted by Crippen LogP contribution is -2.48. The molecular weight excluding hydrogens is 296 g/mol. The van der Waals surface area contributed by atoms with Crippen LogP contribution in [0.15, 0.2) is 31.0 Å². The predicted octanol–water partition coefficient (Wildman–Crippen LogP) is 0.674. The number of amides is 1. The van der Waals surface area contributed by atoms with Gasteiger partial charge in [-0.3, -0.25) is 9.78 Å². The van der Waals surface area contributed by atoms with Crippen LogP contribution >= 0.6 is 0 Å². The third-order valence-corrected chi connectivity index (χ3v) is 3.69. The van der Waals surface area contributed by atoms with Crippen LogP contribution in [0.1, 0.15) is 23.3 Å². The Balaban J connectivity index is 1.62. The van der Waals surface area contributed by atoms with Gasteiger partial charge >= 0.3 is 0 Å². The highest BCUT2D eigenvalue weighted by Gasteiger charge is 2.23. The molecule has 8 heteroatoms. The summed E-state index contributed by atoms with van der Waals surface area (Å²) in [5.41, 5.74) is 0.324. The molecule has 3 heterocycles. The highest BCUT2D eigenvalue weighted by atomic mass is 16.5. The Morgan fingerprint density at radius 3 is 2.78 bits per heavy atom. The molecule has 3 rings (SSSR count). The summed E-state index contributed by atoms with van der Waals surface area (Å²) in [6.45, 7) is 1.53. The molecule has 8 nitrogen and oxygen atoms in total. The molecule has 120 valence electrons. The average Bonchev–Trinajstić information content (AvgIpc) is 2.63. The van der Waals surface area contributed by atoms with Crippen molar-refractivity contribution in [1.82, 2.24) is 25.3 Å². The van der Waals surface area contributed by atoms with E-state index in [1.807, 2.05) is 0 Å². The molecule has 0 aromatic carbocycles. The minimum absolute atomic E-state index is 0.0314. The van der Waals surface area contributed by atoms with E-state index in [0.717, 1.165) is 19.4 Å². The Morgan fingerprint density at radius 1 is 1.26 bits per heavy atom. The number of rotatable bonds is 4. The number of carbonyl (C=O) groups is 1. The van der Waals surface area contributed by atoms with Crippen LogP contribution in [0.3, 0.4) is 0 Å². The highest BCUT2D eigenvalue weighted by molar-refractivity contribution is 5.92. The Bertz CT molecular complexity index is 649. The van der Waals surface area contributed by atoms with Gasteiger partial charge in [0.15, 0.2) is 5.75 Å². The first kappa shape index (κ1) is 15.1. The van der Waals surface area contributed by atoms with E-state index in [4.69, 9.17) is 4.74 Å². The first-order chi connectivity index (χ1) is 11.3. The molecule has 2 aromatic rings. The zero-order valence-corrected chi connectivity index (χ0v) is 12.8. The van der Waals surface area contributed by atoms with Gasteiger partial charge in [0, 0.05) is 31.5 Å². The SMILES string of the molecule is COc1cnc(N2CCCC(NC(=O)c3cnccn3)C2)nc1. The maximum atomic E-state index is 12.2. The topological polar surface area (TPSA) is 93.1 Å². The number of nitrogens with zero attached hydrogens (tertiary/aromatic N) is 5. The molecule has 1 saturated heterocycles. The van der Waals surface area contributed by atoms with Crippen molar-refractivity contribution in [2.75, 3.05) is 25.1 Å². The molecule has 2 aromatic heterocycles. The number of hydrogen-bond donors (Lipinski definition) is 1. The highest BCUT2D eigenvalue weighted by Crippen LogP contribution is 2.17. The lowest BCUT2D eigenvalue weighted by Gasteiger charge is -2.33. The molecule has 1 aliphatic heterocycles. The summed E-state index contributed by atoms with van der Waals surface area (Å²) >= 11 is 0. The first-order valence-electron chi connectivity index (χ1n) is 7.44. The van der Waals surface area contributed by atoms with E-state index in [9.17, 15) is 4.79 Å². The zero-order chi connectivity index (χ0) is 16.1. The van der Waals surface area contributed by atoms with Gasteiger partial charge in [-0.05, 0) is 12.8 Å². The van der Waals surface area contributed by atoms with Gasteiger partial charge in [0.05, 0.1) is 25.7 Å². The quantitative estimate of drug-likeness (QED) is 0.886. The van der Waals surface area contributed by atoms with Crippen LogP contribution in [0.2, 0.25) is 0 Å². The van der Waals surface area contributed by atoms with Crippen LogP contribution < -0.4 is 15.0 Å². The van der Waals surface area contributed by atoms with Crippen molar-refractivity contribution >= 4 is 11.9 Å². The van der Waals surface area contributed by atoms with Gasteiger partial charge in [-0.15, -0.1) is 0 Å². The van der Waals surface area contributed by atoms with E-state index in [1.165, 1.54) is 12.4 Å². The van der Waals surface area contributed by atoms with E-state index in [1.54, 1.807) is 25.7 Å². The molecule has 1 unspecified atom stereocenters. The predicted molar refractivity (Wildman–Crippen MR) is 83.3 cm³/mol. The Kier molecular flexibility index (Phi) is 4.60. The number of hydrogen-bond acceptors (Lipinski definition) is 7. The number of nitrogens with one attached hydrogen (secondary N) is 1. The fourth-order valence-electron chi connectivity index (χ4n) is 2.53. The molecule has 1 amide bonds. The van der Waals surface area contributed by atoms with Crippen molar-refractivity contribution in [3.8, 4) is 5.75 Å². The molecular formula is C15H18N6O2. The maximum absolute atomic E-state index is 12.2. The van der Waals surface area contributed by atoms with E-state index in [0.29, 0.717) is 23.9 Å². The van der Waals surface area contributed by atoms with E-state index < -0.39 is 0 Å². The smallest absolute Gasteiger partial charge is 0.271 e. The molecule has 1 atom stereocenters. The Morgan fingerprint density at radius 2 is 2.09 bits per heavy atom. The molecule has 0 saturated carbocycles. The van der Waals surface area contributed by atoms with Gasteiger partial charge < -0.3 is 15.0 Å².